The Labute approximate surface area is 144 Å². The molecule has 24 heavy (non-hydrogen) atoms. The molecule has 130 valence electrons. The van der Waals surface area contributed by atoms with Gasteiger partial charge in [0.1, 0.15) is 5.82 Å². The fraction of sp³-hybridized carbons (Fsp3) is 0.400. The zero-order valence-electron chi connectivity index (χ0n) is 14.8. The second-order valence-electron chi connectivity index (χ2n) is 7.26. The Kier molecular flexibility index (Phi) is 5.49. The van der Waals surface area contributed by atoms with Crippen molar-refractivity contribution in [1.82, 2.24) is 0 Å². The Morgan fingerprint density at radius 1 is 0.917 bits per heavy atom. The van der Waals surface area contributed by atoms with Crippen LogP contribution in [0.2, 0.25) is 0 Å². The Morgan fingerprint density at radius 2 is 1.50 bits per heavy atom. The Balaban J connectivity index is 2.02. The molecule has 0 aliphatic rings. The smallest absolute Gasteiger partial charge is 0.159 e. The van der Waals surface area contributed by atoms with E-state index in [1.165, 1.54) is 6.07 Å². The maximum atomic E-state index is 13.1. The minimum Gasteiger partial charge on any atom is -0.228 e. The van der Waals surface area contributed by atoms with E-state index >= 15 is 0 Å². The van der Waals surface area contributed by atoms with Crippen LogP contribution in [0.15, 0.2) is 42.5 Å². The zero-order valence-corrected chi connectivity index (χ0v) is 15.6. The molecule has 0 heterocycles. The predicted molar refractivity (Wildman–Crippen MR) is 97.4 cm³/mol. The van der Waals surface area contributed by atoms with Crippen LogP contribution < -0.4 is 0 Å². The summed E-state index contributed by atoms with van der Waals surface area (Å²) >= 11 is 0. The van der Waals surface area contributed by atoms with Crippen molar-refractivity contribution in [2.24, 2.45) is 0 Å². The van der Waals surface area contributed by atoms with Gasteiger partial charge in [0.15, 0.2) is 9.84 Å². The lowest BCUT2D eigenvalue weighted by Gasteiger charge is -2.19. The summed E-state index contributed by atoms with van der Waals surface area (Å²) in [6, 6.07) is 12.6. The Morgan fingerprint density at radius 3 is 2.04 bits per heavy atom. The molecular formula is C20H25FO2S. The number of sulfone groups is 1. The van der Waals surface area contributed by atoms with Gasteiger partial charge in [-0.25, -0.2) is 12.8 Å². The highest BCUT2D eigenvalue weighted by Gasteiger charge is 2.28. The molecule has 2 aromatic carbocycles. The molecule has 0 bridgehead atoms. The molecule has 2 rings (SSSR count). The molecule has 0 amide bonds. The van der Waals surface area contributed by atoms with Crippen molar-refractivity contribution in [3.8, 4) is 0 Å². The van der Waals surface area contributed by atoms with Gasteiger partial charge in [-0.15, -0.1) is 0 Å². The summed E-state index contributed by atoms with van der Waals surface area (Å²) in [7, 11) is -3.16. The van der Waals surface area contributed by atoms with Crippen LogP contribution >= 0.6 is 0 Å². The maximum Gasteiger partial charge on any atom is 0.159 e. The third-order valence-electron chi connectivity index (χ3n) is 4.30. The standard InChI is InChI=1S/C20H25FO2S/c1-15-13-19(21)12-11-18(15)10-9-16-5-7-17(8-6-16)14-24(22,23)20(2,3)4/h5-8,11-13H,9-10,14H2,1-4H3. The van der Waals surface area contributed by atoms with E-state index < -0.39 is 14.6 Å². The largest absolute Gasteiger partial charge is 0.228 e. The fourth-order valence-electron chi connectivity index (χ4n) is 2.46. The van der Waals surface area contributed by atoms with Crippen molar-refractivity contribution in [1.29, 1.82) is 0 Å². The third kappa shape index (κ3) is 4.67. The molecule has 0 radical (unpaired) electrons. The molecule has 0 fully saturated rings. The Bertz CT molecular complexity index is 801. The first kappa shape index (κ1) is 18.7. The molecule has 0 saturated heterocycles. The van der Waals surface area contributed by atoms with Crippen molar-refractivity contribution in [2.45, 2.75) is 51.0 Å². The van der Waals surface area contributed by atoms with Crippen molar-refractivity contribution in [3.63, 3.8) is 0 Å². The summed E-state index contributed by atoms with van der Waals surface area (Å²) in [5.74, 6) is -0.144. The van der Waals surface area contributed by atoms with Crippen molar-refractivity contribution in [2.75, 3.05) is 0 Å². The van der Waals surface area contributed by atoms with E-state index in [-0.39, 0.29) is 11.6 Å². The van der Waals surface area contributed by atoms with E-state index in [4.69, 9.17) is 0 Å². The van der Waals surface area contributed by atoms with Crippen LogP contribution in [0.5, 0.6) is 0 Å². The molecule has 0 aliphatic heterocycles. The topological polar surface area (TPSA) is 34.1 Å². The molecule has 0 spiro atoms. The monoisotopic (exact) mass is 348 g/mol. The second kappa shape index (κ2) is 7.06. The van der Waals surface area contributed by atoms with Gasteiger partial charge in [-0.3, -0.25) is 0 Å². The first-order valence-electron chi connectivity index (χ1n) is 8.14. The van der Waals surface area contributed by atoms with E-state index in [9.17, 15) is 12.8 Å². The average Bonchev–Trinajstić information content (AvgIpc) is 2.46. The maximum absolute atomic E-state index is 13.1. The van der Waals surface area contributed by atoms with Gasteiger partial charge in [-0.05, 0) is 74.9 Å². The molecule has 4 heteroatoms. The van der Waals surface area contributed by atoms with Crippen LogP contribution in [0.4, 0.5) is 4.39 Å². The molecule has 0 aromatic heterocycles. The number of aryl methyl sites for hydroxylation is 3. The molecular weight excluding hydrogens is 323 g/mol. The molecule has 2 aromatic rings. The highest BCUT2D eigenvalue weighted by molar-refractivity contribution is 7.91. The summed E-state index contributed by atoms with van der Waals surface area (Å²) in [5.41, 5.74) is 4.06. The van der Waals surface area contributed by atoms with Crippen LogP contribution in [0.3, 0.4) is 0 Å². The summed E-state index contributed by atoms with van der Waals surface area (Å²) in [6.45, 7) is 7.09. The van der Waals surface area contributed by atoms with Crippen LogP contribution in [-0.4, -0.2) is 13.2 Å². The molecule has 0 atom stereocenters. The van der Waals surface area contributed by atoms with Crippen LogP contribution in [-0.2, 0) is 28.4 Å². The fourth-order valence-corrected chi connectivity index (χ4v) is 3.52. The minimum absolute atomic E-state index is 0.0633. The van der Waals surface area contributed by atoms with E-state index in [2.05, 4.69) is 0 Å². The summed E-state index contributed by atoms with van der Waals surface area (Å²) in [6.07, 6.45) is 1.69. The van der Waals surface area contributed by atoms with Crippen LogP contribution in [0, 0.1) is 12.7 Å². The van der Waals surface area contributed by atoms with Gasteiger partial charge in [0, 0.05) is 0 Å². The third-order valence-corrected chi connectivity index (χ3v) is 6.88. The van der Waals surface area contributed by atoms with E-state index in [1.807, 2.05) is 37.3 Å². The van der Waals surface area contributed by atoms with E-state index in [0.29, 0.717) is 0 Å². The summed E-state index contributed by atoms with van der Waals surface area (Å²) < 4.78 is 36.9. The van der Waals surface area contributed by atoms with Gasteiger partial charge in [-0.1, -0.05) is 30.3 Å². The first-order chi connectivity index (χ1) is 11.1. The number of benzene rings is 2. The highest BCUT2D eigenvalue weighted by Crippen LogP contribution is 2.21. The lowest BCUT2D eigenvalue weighted by atomic mass is 10.00. The number of hydrogen-bond donors (Lipinski definition) is 0. The van der Waals surface area contributed by atoms with Crippen LogP contribution in [0.25, 0.3) is 0 Å². The van der Waals surface area contributed by atoms with Crippen molar-refractivity contribution >= 4 is 9.84 Å². The van der Waals surface area contributed by atoms with E-state index in [1.54, 1.807) is 26.8 Å². The van der Waals surface area contributed by atoms with Gasteiger partial charge < -0.3 is 0 Å². The predicted octanol–water partition coefficient (Wildman–Crippen LogP) is 4.63. The Hall–Kier alpha value is -1.68. The van der Waals surface area contributed by atoms with Gasteiger partial charge >= 0.3 is 0 Å². The van der Waals surface area contributed by atoms with Crippen LogP contribution in [0.1, 0.15) is 43.0 Å². The van der Waals surface area contributed by atoms with Crippen molar-refractivity contribution < 1.29 is 12.8 Å². The van der Waals surface area contributed by atoms with Gasteiger partial charge in [0.25, 0.3) is 0 Å². The first-order valence-corrected chi connectivity index (χ1v) is 9.79. The normalized spacial score (nSPS) is 12.4. The van der Waals surface area contributed by atoms with Crippen molar-refractivity contribution in [3.05, 3.63) is 70.5 Å². The molecule has 0 aliphatic carbocycles. The molecule has 0 saturated carbocycles. The number of halogens is 1. The SMILES string of the molecule is Cc1cc(F)ccc1CCc1ccc(CS(=O)(=O)C(C)(C)C)cc1. The lowest BCUT2D eigenvalue weighted by molar-refractivity contribution is 0.559. The average molecular weight is 348 g/mol. The number of hydrogen-bond acceptors (Lipinski definition) is 2. The second-order valence-corrected chi connectivity index (χ2v) is 10.0. The van der Waals surface area contributed by atoms with Gasteiger partial charge in [0.2, 0.25) is 0 Å². The minimum atomic E-state index is -3.16. The van der Waals surface area contributed by atoms with Gasteiger partial charge in [0.05, 0.1) is 10.5 Å². The van der Waals surface area contributed by atoms with Gasteiger partial charge in [-0.2, -0.15) is 0 Å². The highest BCUT2D eigenvalue weighted by atomic mass is 32.2. The summed E-state index contributed by atoms with van der Waals surface area (Å²) in [5, 5.41) is 0. The quantitative estimate of drug-likeness (QED) is 0.789. The van der Waals surface area contributed by atoms with E-state index in [0.717, 1.165) is 35.1 Å². The zero-order chi connectivity index (χ0) is 18.0. The molecule has 0 N–H and O–H groups in total. The molecule has 2 nitrogen and oxygen atoms in total. The molecule has 0 unspecified atom stereocenters. The summed E-state index contributed by atoms with van der Waals surface area (Å²) in [4.78, 5) is 0. The lowest BCUT2D eigenvalue weighted by Crippen LogP contribution is -2.29. The number of rotatable bonds is 5.